The van der Waals surface area contributed by atoms with Gasteiger partial charge in [-0.1, -0.05) is 5.04 Å². The van der Waals surface area contributed by atoms with Gasteiger partial charge < -0.3 is 35.3 Å². The third kappa shape index (κ3) is 7.72. The standard InChI is InChI=1S/C12H19NO18S2/c13-6-9(29-31-18)8(5(26-11(6)17)2-25-32(19,20)21)28-12-7(30-33(22,23)24)3(14)1-4(27-12)10(15)16/h1,3,5-9,11-12,14,17-18H,2,13H2,(H,15,16)(H,19,20,21)(H,22,23,24)/t3-,5?,6?,7?,8+,9+,11?,12-/m0/s1. The lowest BCUT2D eigenvalue weighted by Gasteiger charge is -2.44. The van der Waals surface area contributed by atoms with Gasteiger partial charge in [0.2, 0.25) is 12.0 Å². The molecular formula is C12H19NO18S2. The summed E-state index contributed by atoms with van der Waals surface area (Å²) in [4.78, 5) is 15.7. The second-order valence-corrected chi connectivity index (χ2v) is 8.53. The smallest absolute Gasteiger partial charge is 0.397 e. The molecule has 1 fully saturated rings. The van der Waals surface area contributed by atoms with E-state index in [0.29, 0.717) is 6.08 Å². The third-order valence-corrected chi connectivity index (χ3v) is 5.05. The van der Waals surface area contributed by atoms with Crippen molar-refractivity contribution >= 4 is 26.8 Å². The van der Waals surface area contributed by atoms with Crippen molar-refractivity contribution in [2.45, 2.75) is 49.1 Å². The fourth-order valence-corrected chi connectivity index (χ4v) is 3.62. The van der Waals surface area contributed by atoms with E-state index >= 15 is 0 Å². The fourth-order valence-electron chi connectivity index (χ4n) is 2.83. The average molecular weight is 529 g/mol. The SMILES string of the molecule is NC1C(O)OC(COS(=O)(=O)O)[C@@H](O[C@@H]2OC(C(=O)O)=C[C@H](O)C2OS(=O)(=O)O)[C@@H]1OOO. The molecule has 8 atom stereocenters. The zero-order chi connectivity index (χ0) is 25.1. The Labute approximate surface area is 184 Å². The van der Waals surface area contributed by atoms with Crippen molar-refractivity contribution in [1.29, 1.82) is 0 Å². The summed E-state index contributed by atoms with van der Waals surface area (Å²) < 4.78 is 85.4. The molecule has 0 spiro atoms. The molecule has 0 aromatic carbocycles. The van der Waals surface area contributed by atoms with E-state index in [1.54, 1.807) is 0 Å². The van der Waals surface area contributed by atoms with E-state index in [-0.39, 0.29) is 0 Å². The molecule has 0 bridgehead atoms. The van der Waals surface area contributed by atoms with Crippen LogP contribution < -0.4 is 5.73 Å². The van der Waals surface area contributed by atoms with Crippen molar-refractivity contribution in [2.24, 2.45) is 5.73 Å². The van der Waals surface area contributed by atoms with Crippen LogP contribution in [0.4, 0.5) is 0 Å². The van der Waals surface area contributed by atoms with E-state index < -0.39 is 88.3 Å². The van der Waals surface area contributed by atoms with Crippen LogP contribution in [0.2, 0.25) is 0 Å². The van der Waals surface area contributed by atoms with Crippen LogP contribution >= 0.6 is 0 Å². The zero-order valence-electron chi connectivity index (χ0n) is 15.9. The Morgan fingerprint density at radius 1 is 1.09 bits per heavy atom. The summed E-state index contributed by atoms with van der Waals surface area (Å²) in [6.45, 7) is -1.11. The topological polar surface area (TPSA) is 297 Å². The molecule has 0 saturated carbocycles. The summed E-state index contributed by atoms with van der Waals surface area (Å²) in [6.07, 6.45) is -13.3. The summed E-state index contributed by atoms with van der Waals surface area (Å²) in [5.41, 5.74) is 5.65. The van der Waals surface area contributed by atoms with Gasteiger partial charge >= 0.3 is 26.8 Å². The number of hydrogen-bond donors (Lipinski definition) is 7. The molecule has 0 amide bonds. The highest BCUT2D eigenvalue weighted by atomic mass is 32.3. The number of rotatable bonds is 10. The lowest BCUT2D eigenvalue weighted by atomic mass is 9.97. The van der Waals surface area contributed by atoms with Gasteiger partial charge in [0.1, 0.15) is 24.4 Å². The average Bonchev–Trinajstić information content (AvgIpc) is 2.66. The first kappa shape index (κ1) is 27.7. The zero-order valence-corrected chi connectivity index (χ0v) is 17.5. The van der Waals surface area contributed by atoms with Crippen LogP contribution in [0.3, 0.4) is 0 Å². The van der Waals surface area contributed by atoms with Crippen molar-refractivity contribution in [3.05, 3.63) is 11.8 Å². The van der Waals surface area contributed by atoms with Crippen LogP contribution in [-0.4, -0.2) is 108 Å². The third-order valence-electron chi connectivity index (χ3n) is 4.15. The van der Waals surface area contributed by atoms with Crippen LogP contribution in [0.5, 0.6) is 0 Å². The maximum atomic E-state index is 11.2. The summed E-state index contributed by atoms with van der Waals surface area (Å²) in [6, 6.07) is -1.62. The highest BCUT2D eigenvalue weighted by Crippen LogP contribution is 2.30. The van der Waals surface area contributed by atoms with Gasteiger partial charge in [-0.3, -0.25) is 9.11 Å². The Morgan fingerprint density at radius 2 is 1.73 bits per heavy atom. The predicted molar refractivity (Wildman–Crippen MR) is 92.8 cm³/mol. The number of aliphatic hydroxyl groups is 2. The van der Waals surface area contributed by atoms with Gasteiger partial charge in [-0.15, -0.1) is 0 Å². The maximum absolute atomic E-state index is 11.2. The molecule has 0 aromatic rings. The number of ether oxygens (including phenoxy) is 3. The Kier molecular flexibility index (Phi) is 9.05. The fraction of sp³-hybridized carbons (Fsp3) is 0.750. The van der Waals surface area contributed by atoms with Crippen molar-refractivity contribution in [1.82, 2.24) is 0 Å². The first-order chi connectivity index (χ1) is 15.1. The van der Waals surface area contributed by atoms with Crippen LogP contribution in [0, 0.1) is 0 Å². The normalized spacial score (nSPS) is 35.5. The summed E-state index contributed by atoms with van der Waals surface area (Å²) in [7, 11) is -10.3. The predicted octanol–water partition coefficient (Wildman–Crippen LogP) is -4.10. The van der Waals surface area contributed by atoms with Crippen molar-refractivity contribution in [3.63, 3.8) is 0 Å². The van der Waals surface area contributed by atoms with Gasteiger partial charge in [-0.25, -0.2) is 18.4 Å². The first-order valence-electron chi connectivity index (χ1n) is 8.41. The highest BCUT2D eigenvalue weighted by molar-refractivity contribution is 7.81. The number of aliphatic carboxylic acids is 1. The molecule has 8 N–H and O–H groups in total. The number of carboxylic acids is 1. The summed E-state index contributed by atoms with van der Waals surface area (Å²) in [5, 5.41) is 41.2. The Morgan fingerprint density at radius 3 is 2.24 bits per heavy atom. The monoisotopic (exact) mass is 529 g/mol. The summed E-state index contributed by atoms with van der Waals surface area (Å²) in [5.74, 6) is -2.72. The molecule has 4 unspecified atom stereocenters. The van der Waals surface area contributed by atoms with E-state index in [1.165, 1.54) is 0 Å². The molecule has 1 saturated heterocycles. The Balaban J connectivity index is 2.42. The number of hydrogen-bond acceptors (Lipinski definition) is 16. The Bertz CT molecular complexity index is 934. The van der Waals surface area contributed by atoms with Gasteiger partial charge in [0.05, 0.1) is 12.6 Å². The van der Waals surface area contributed by atoms with Crippen LogP contribution in [-0.2, 0) is 58.1 Å². The molecule has 192 valence electrons. The highest BCUT2D eigenvalue weighted by Gasteiger charge is 2.51. The number of aliphatic hydroxyl groups excluding tert-OH is 2. The maximum Gasteiger partial charge on any atom is 0.397 e. The van der Waals surface area contributed by atoms with E-state index in [0.717, 1.165) is 0 Å². The molecule has 2 aliphatic rings. The molecule has 21 heteroatoms. The number of nitrogens with two attached hydrogens (primary N) is 1. The Hall–Kier alpha value is -1.57. The largest absolute Gasteiger partial charge is 0.475 e. The lowest BCUT2D eigenvalue weighted by Crippen LogP contribution is -2.65. The van der Waals surface area contributed by atoms with Crippen molar-refractivity contribution in [2.75, 3.05) is 6.61 Å². The molecule has 0 radical (unpaired) electrons. The van der Waals surface area contributed by atoms with E-state index in [4.69, 9.17) is 39.4 Å². The molecular weight excluding hydrogens is 510 g/mol. The van der Waals surface area contributed by atoms with Gasteiger partial charge in [0, 0.05) is 0 Å². The quantitative estimate of drug-likeness (QED) is 0.0803. The number of carbonyl (C=O) groups is 1. The van der Waals surface area contributed by atoms with Crippen LogP contribution in [0.1, 0.15) is 0 Å². The van der Waals surface area contributed by atoms with E-state index in [1.807, 2.05) is 0 Å². The molecule has 19 nitrogen and oxygen atoms in total. The van der Waals surface area contributed by atoms with Gasteiger partial charge in [0.25, 0.3) is 0 Å². The molecule has 33 heavy (non-hydrogen) atoms. The van der Waals surface area contributed by atoms with E-state index in [9.17, 15) is 31.8 Å². The molecule has 0 aromatic heterocycles. The van der Waals surface area contributed by atoms with Gasteiger partial charge in [-0.05, 0) is 6.08 Å². The minimum atomic E-state index is -5.28. The van der Waals surface area contributed by atoms with Gasteiger partial charge in [-0.2, -0.15) is 21.7 Å². The molecule has 2 aliphatic heterocycles. The van der Waals surface area contributed by atoms with E-state index in [2.05, 4.69) is 18.3 Å². The lowest BCUT2D eigenvalue weighted by molar-refractivity contribution is -0.522. The molecule has 2 heterocycles. The first-order valence-corrected chi connectivity index (χ1v) is 11.1. The second kappa shape index (κ2) is 10.8. The minimum Gasteiger partial charge on any atom is -0.475 e. The molecule has 2 rings (SSSR count). The van der Waals surface area contributed by atoms with Gasteiger partial charge in [0.15, 0.2) is 12.4 Å². The second-order valence-electron chi connectivity index (χ2n) is 6.39. The van der Waals surface area contributed by atoms with Crippen LogP contribution in [0.15, 0.2) is 11.8 Å². The molecule has 0 aliphatic carbocycles. The summed E-state index contributed by atoms with van der Waals surface area (Å²) >= 11 is 0. The van der Waals surface area contributed by atoms with Crippen molar-refractivity contribution < 1.29 is 83.8 Å². The van der Waals surface area contributed by atoms with Crippen molar-refractivity contribution in [3.8, 4) is 0 Å². The number of carboxylic acid groups (broad SMARTS) is 1. The minimum absolute atomic E-state index is 0.509. The van der Waals surface area contributed by atoms with Crippen LogP contribution in [0.25, 0.3) is 0 Å².